The first-order valence-electron chi connectivity index (χ1n) is 8.26. The molecule has 0 heterocycles. The molecule has 1 N–H and O–H groups in total. The Morgan fingerprint density at radius 3 is 2.50 bits per heavy atom. The zero-order valence-electron chi connectivity index (χ0n) is 15.1. The smallest absolute Gasteiger partial charge is 0.240 e. The third-order valence-corrected chi connectivity index (χ3v) is 5.47. The molecule has 0 spiro atoms. The highest BCUT2D eigenvalue weighted by Crippen LogP contribution is 2.14. The van der Waals surface area contributed by atoms with Crippen molar-refractivity contribution >= 4 is 15.9 Å². The van der Waals surface area contributed by atoms with E-state index in [2.05, 4.69) is 4.72 Å². The third-order valence-electron chi connectivity index (χ3n) is 4.01. The van der Waals surface area contributed by atoms with Crippen molar-refractivity contribution in [2.24, 2.45) is 0 Å². The van der Waals surface area contributed by atoms with Crippen LogP contribution in [0.5, 0.6) is 0 Å². The van der Waals surface area contributed by atoms with Crippen molar-refractivity contribution < 1.29 is 17.6 Å². The van der Waals surface area contributed by atoms with Gasteiger partial charge in [0.25, 0.3) is 0 Å². The van der Waals surface area contributed by atoms with Crippen LogP contribution in [0.2, 0.25) is 0 Å². The normalized spacial score (nSPS) is 11.4. The number of hydrogen-bond acceptors (Lipinski definition) is 3. The predicted octanol–water partition coefficient (Wildman–Crippen LogP) is 2.77. The molecule has 0 bridgehead atoms. The van der Waals surface area contributed by atoms with Gasteiger partial charge in [-0.05, 0) is 43.2 Å². The maximum atomic E-state index is 13.3. The molecular formula is C19H23FN2O3S. The van der Waals surface area contributed by atoms with Crippen LogP contribution in [-0.2, 0) is 21.4 Å². The summed E-state index contributed by atoms with van der Waals surface area (Å²) in [4.78, 5) is 13.4. The minimum Gasteiger partial charge on any atom is -0.337 e. The van der Waals surface area contributed by atoms with Crippen LogP contribution in [0.15, 0.2) is 47.4 Å². The molecule has 26 heavy (non-hydrogen) atoms. The minimum atomic E-state index is -3.76. The van der Waals surface area contributed by atoms with E-state index in [0.29, 0.717) is 6.54 Å². The lowest BCUT2D eigenvalue weighted by atomic mass is 10.1. The van der Waals surface area contributed by atoms with Crippen molar-refractivity contribution in [2.45, 2.75) is 32.2 Å². The number of benzene rings is 2. The van der Waals surface area contributed by atoms with E-state index in [0.717, 1.165) is 17.2 Å². The molecule has 140 valence electrons. The number of carbonyl (C=O) groups is 1. The van der Waals surface area contributed by atoms with E-state index in [1.807, 2.05) is 31.2 Å². The number of halogens is 1. The Morgan fingerprint density at radius 1 is 1.15 bits per heavy atom. The average Bonchev–Trinajstić information content (AvgIpc) is 2.56. The molecule has 0 fully saturated rings. The summed E-state index contributed by atoms with van der Waals surface area (Å²) >= 11 is 0. The maximum absolute atomic E-state index is 13.3. The van der Waals surface area contributed by atoms with E-state index < -0.39 is 15.8 Å². The Hall–Kier alpha value is -2.25. The van der Waals surface area contributed by atoms with Gasteiger partial charge in [-0.1, -0.05) is 29.8 Å². The van der Waals surface area contributed by atoms with Gasteiger partial charge in [-0.25, -0.2) is 17.5 Å². The second-order valence-electron chi connectivity index (χ2n) is 6.24. The summed E-state index contributed by atoms with van der Waals surface area (Å²) in [5.74, 6) is -0.590. The topological polar surface area (TPSA) is 66.5 Å². The van der Waals surface area contributed by atoms with E-state index in [1.165, 1.54) is 26.0 Å². The third kappa shape index (κ3) is 5.37. The van der Waals surface area contributed by atoms with Gasteiger partial charge in [0.1, 0.15) is 5.82 Å². The summed E-state index contributed by atoms with van der Waals surface area (Å²) in [7, 11) is -3.76. The molecular weight excluding hydrogens is 355 g/mol. The van der Waals surface area contributed by atoms with Crippen LogP contribution in [0.25, 0.3) is 0 Å². The van der Waals surface area contributed by atoms with Crippen molar-refractivity contribution in [3.05, 3.63) is 65.0 Å². The zero-order valence-corrected chi connectivity index (χ0v) is 15.9. The lowest BCUT2D eigenvalue weighted by Crippen LogP contribution is -2.37. The Balaban J connectivity index is 2.00. The van der Waals surface area contributed by atoms with Gasteiger partial charge in [-0.2, -0.15) is 0 Å². The number of aryl methyl sites for hydroxylation is 2. The molecule has 2 aromatic rings. The van der Waals surface area contributed by atoms with Crippen molar-refractivity contribution in [3.63, 3.8) is 0 Å². The molecule has 5 nitrogen and oxygen atoms in total. The first kappa shape index (κ1) is 20.1. The maximum Gasteiger partial charge on any atom is 0.240 e. The number of rotatable bonds is 7. The molecule has 0 radical (unpaired) electrons. The quantitative estimate of drug-likeness (QED) is 0.806. The highest BCUT2D eigenvalue weighted by Gasteiger charge is 2.16. The van der Waals surface area contributed by atoms with Gasteiger partial charge in [0.15, 0.2) is 0 Å². The first-order valence-corrected chi connectivity index (χ1v) is 9.74. The Labute approximate surface area is 153 Å². The number of hydrogen-bond donors (Lipinski definition) is 1. The first-order chi connectivity index (χ1) is 12.2. The Bertz CT molecular complexity index is 897. The molecule has 0 aliphatic heterocycles. The number of nitrogens with one attached hydrogen (secondary N) is 1. The van der Waals surface area contributed by atoms with Crippen LogP contribution < -0.4 is 4.72 Å². The fraction of sp³-hybridized carbons (Fsp3) is 0.316. The van der Waals surface area contributed by atoms with Gasteiger partial charge in [-0.15, -0.1) is 0 Å². The van der Waals surface area contributed by atoms with Crippen LogP contribution in [-0.4, -0.2) is 32.3 Å². The van der Waals surface area contributed by atoms with Gasteiger partial charge in [0.2, 0.25) is 15.9 Å². The minimum absolute atomic E-state index is 0.00413. The number of sulfonamides is 1. The SMILES string of the molecule is CC(=O)N(CCNS(=O)(=O)c1ccc(F)c(C)c1)Cc1cccc(C)c1. The fourth-order valence-electron chi connectivity index (χ4n) is 2.56. The highest BCUT2D eigenvalue weighted by molar-refractivity contribution is 7.89. The van der Waals surface area contributed by atoms with Gasteiger partial charge in [0, 0.05) is 26.6 Å². The molecule has 7 heteroatoms. The van der Waals surface area contributed by atoms with Crippen LogP contribution in [0, 0.1) is 19.7 Å². The molecule has 0 aliphatic carbocycles. The molecule has 1 amide bonds. The zero-order chi connectivity index (χ0) is 19.3. The van der Waals surface area contributed by atoms with Crippen LogP contribution in [0.4, 0.5) is 4.39 Å². The molecule has 0 atom stereocenters. The monoisotopic (exact) mass is 378 g/mol. The largest absolute Gasteiger partial charge is 0.337 e. The van der Waals surface area contributed by atoms with Crippen LogP contribution in [0.1, 0.15) is 23.6 Å². The lowest BCUT2D eigenvalue weighted by Gasteiger charge is -2.21. The van der Waals surface area contributed by atoms with Crippen molar-refractivity contribution in [3.8, 4) is 0 Å². The molecule has 0 saturated heterocycles. The van der Waals surface area contributed by atoms with Crippen LogP contribution in [0.3, 0.4) is 0 Å². The van der Waals surface area contributed by atoms with E-state index in [9.17, 15) is 17.6 Å². The van der Waals surface area contributed by atoms with E-state index in [4.69, 9.17) is 0 Å². The summed E-state index contributed by atoms with van der Waals surface area (Å²) in [5, 5.41) is 0. The van der Waals surface area contributed by atoms with Crippen molar-refractivity contribution in [2.75, 3.05) is 13.1 Å². The molecule has 0 aliphatic rings. The van der Waals surface area contributed by atoms with Gasteiger partial charge in [0.05, 0.1) is 4.90 Å². The molecule has 2 aromatic carbocycles. The van der Waals surface area contributed by atoms with E-state index >= 15 is 0 Å². The summed E-state index contributed by atoms with van der Waals surface area (Å²) in [6.45, 7) is 5.66. The summed E-state index contributed by atoms with van der Waals surface area (Å²) in [5.41, 5.74) is 2.34. The Kier molecular flexibility index (Phi) is 6.50. The molecule has 0 saturated carbocycles. The highest BCUT2D eigenvalue weighted by atomic mass is 32.2. The average molecular weight is 378 g/mol. The molecule has 0 unspecified atom stereocenters. The standard InChI is InChI=1S/C19H23FN2O3S/c1-14-5-4-6-17(11-14)13-22(16(3)23)10-9-21-26(24,25)18-7-8-19(20)15(2)12-18/h4-8,11-12,21H,9-10,13H2,1-3H3. The van der Waals surface area contributed by atoms with Gasteiger partial charge in [-0.3, -0.25) is 4.79 Å². The summed E-state index contributed by atoms with van der Waals surface area (Å²) in [6, 6.07) is 11.4. The van der Waals surface area contributed by atoms with Gasteiger partial charge >= 0.3 is 0 Å². The van der Waals surface area contributed by atoms with Crippen molar-refractivity contribution in [1.82, 2.24) is 9.62 Å². The number of nitrogens with zero attached hydrogens (tertiary/aromatic N) is 1. The number of carbonyl (C=O) groups excluding carboxylic acids is 1. The van der Waals surface area contributed by atoms with E-state index in [1.54, 1.807) is 4.90 Å². The second kappa shape index (κ2) is 8.42. The molecule has 2 rings (SSSR count). The second-order valence-corrected chi connectivity index (χ2v) is 8.01. The van der Waals surface area contributed by atoms with E-state index in [-0.39, 0.29) is 29.5 Å². The van der Waals surface area contributed by atoms with Crippen molar-refractivity contribution in [1.29, 1.82) is 0 Å². The number of amides is 1. The molecule has 0 aromatic heterocycles. The van der Waals surface area contributed by atoms with Gasteiger partial charge < -0.3 is 4.90 Å². The van der Waals surface area contributed by atoms with Crippen LogP contribution >= 0.6 is 0 Å². The fourth-order valence-corrected chi connectivity index (χ4v) is 3.67. The lowest BCUT2D eigenvalue weighted by molar-refractivity contribution is -0.129. The Morgan fingerprint density at radius 2 is 1.88 bits per heavy atom. The summed E-state index contributed by atoms with van der Waals surface area (Å²) < 4.78 is 40.4. The summed E-state index contributed by atoms with van der Waals surface area (Å²) in [6.07, 6.45) is 0. The predicted molar refractivity (Wildman–Crippen MR) is 98.6 cm³/mol.